The number of carbonyl (C=O) groups excluding carboxylic acids is 1. The van der Waals surface area contributed by atoms with E-state index >= 15 is 0 Å². The molecule has 104 valence electrons. The maximum atomic E-state index is 11.8. The van der Waals surface area contributed by atoms with Gasteiger partial charge < -0.3 is 15.6 Å². The number of hydrogen-bond acceptors (Lipinski definition) is 4. The molecule has 0 unspecified atom stereocenters. The Bertz CT molecular complexity index is 743. The molecule has 1 aromatic carbocycles. The summed E-state index contributed by atoms with van der Waals surface area (Å²) < 4.78 is 2.10. The minimum Gasteiger partial charge on any atom is -0.399 e. The van der Waals surface area contributed by atoms with Gasteiger partial charge in [-0.25, -0.2) is 4.79 Å². The molecule has 0 bridgehead atoms. The van der Waals surface area contributed by atoms with Gasteiger partial charge in [-0.1, -0.05) is 0 Å². The lowest BCUT2D eigenvalue weighted by atomic mass is 10.3. The number of aryl methyl sites for hydroxylation is 1. The third-order valence-corrected chi connectivity index (χ3v) is 2.74. The Morgan fingerprint density at radius 2 is 1.85 bits per heavy atom. The third kappa shape index (κ3) is 2.94. The molecule has 0 aliphatic rings. The summed E-state index contributed by atoms with van der Waals surface area (Å²) in [6, 6.07) is 7.79. The van der Waals surface area contributed by atoms with Gasteiger partial charge >= 0.3 is 5.69 Å². The summed E-state index contributed by atoms with van der Waals surface area (Å²) in [5.74, 6) is -0.458. The summed E-state index contributed by atoms with van der Waals surface area (Å²) in [6.07, 6.45) is 1.36. The summed E-state index contributed by atoms with van der Waals surface area (Å²) in [4.78, 5) is 35.2. The van der Waals surface area contributed by atoms with Gasteiger partial charge in [-0.05, 0) is 24.3 Å². The number of rotatable bonds is 3. The van der Waals surface area contributed by atoms with Crippen LogP contribution in [0.4, 0.5) is 11.4 Å². The molecule has 0 radical (unpaired) electrons. The number of anilines is 2. The lowest BCUT2D eigenvalue weighted by molar-refractivity contribution is -0.116. The van der Waals surface area contributed by atoms with Gasteiger partial charge in [0, 0.05) is 30.7 Å². The first-order chi connectivity index (χ1) is 9.47. The summed E-state index contributed by atoms with van der Waals surface area (Å²) in [5.41, 5.74) is 5.61. The molecule has 0 fully saturated rings. The quantitative estimate of drug-likeness (QED) is 0.755. The number of nitrogens with zero attached hydrogens (tertiary/aromatic N) is 2. The zero-order chi connectivity index (χ0) is 14.7. The first-order valence-electron chi connectivity index (χ1n) is 5.89. The number of nitrogen functional groups attached to an aromatic ring is 1. The number of hydrogen-bond donors (Lipinski definition) is 2. The monoisotopic (exact) mass is 274 g/mol. The highest BCUT2D eigenvalue weighted by Crippen LogP contribution is 2.10. The summed E-state index contributed by atoms with van der Waals surface area (Å²) >= 11 is 0. The van der Waals surface area contributed by atoms with Crippen LogP contribution in [-0.2, 0) is 18.4 Å². The van der Waals surface area contributed by atoms with Gasteiger partial charge in [-0.2, -0.15) is 0 Å². The Kier molecular flexibility index (Phi) is 3.69. The van der Waals surface area contributed by atoms with E-state index < -0.39 is 17.2 Å². The van der Waals surface area contributed by atoms with Crippen molar-refractivity contribution in [2.75, 3.05) is 11.1 Å². The van der Waals surface area contributed by atoms with Crippen LogP contribution in [-0.4, -0.2) is 15.0 Å². The van der Waals surface area contributed by atoms with E-state index in [0.717, 1.165) is 4.57 Å². The molecular formula is C13H14N4O3. The number of aromatic nitrogens is 2. The minimum atomic E-state index is -0.537. The van der Waals surface area contributed by atoms with Crippen LogP contribution < -0.4 is 22.3 Å². The molecule has 0 aliphatic heterocycles. The first-order valence-corrected chi connectivity index (χ1v) is 5.89. The van der Waals surface area contributed by atoms with E-state index in [1.54, 1.807) is 24.3 Å². The Hall–Kier alpha value is -2.83. The van der Waals surface area contributed by atoms with Crippen molar-refractivity contribution in [2.45, 2.75) is 6.54 Å². The highest BCUT2D eigenvalue weighted by molar-refractivity contribution is 5.90. The molecule has 20 heavy (non-hydrogen) atoms. The minimum absolute atomic E-state index is 0.337. The molecule has 0 saturated heterocycles. The first kappa shape index (κ1) is 13.6. The largest absolute Gasteiger partial charge is 0.399 e. The second-order valence-electron chi connectivity index (χ2n) is 4.30. The molecule has 0 spiro atoms. The summed E-state index contributed by atoms with van der Waals surface area (Å²) in [5, 5.41) is 2.59. The van der Waals surface area contributed by atoms with E-state index in [2.05, 4.69) is 5.32 Å². The average Bonchev–Trinajstić information content (AvgIpc) is 2.42. The molecular weight excluding hydrogens is 260 g/mol. The topological polar surface area (TPSA) is 99.1 Å². The van der Waals surface area contributed by atoms with Crippen molar-refractivity contribution in [3.63, 3.8) is 0 Å². The predicted octanol–water partition coefficient (Wildman–Crippen LogP) is -0.232. The molecule has 1 heterocycles. The average molecular weight is 274 g/mol. The van der Waals surface area contributed by atoms with Crippen LogP contribution in [0.1, 0.15) is 0 Å². The van der Waals surface area contributed by atoms with E-state index in [1.807, 2.05) is 0 Å². The molecule has 1 aromatic heterocycles. The zero-order valence-electron chi connectivity index (χ0n) is 10.9. The lowest BCUT2D eigenvalue weighted by Gasteiger charge is -2.08. The van der Waals surface area contributed by atoms with E-state index in [-0.39, 0.29) is 6.54 Å². The van der Waals surface area contributed by atoms with Crippen LogP contribution in [0.3, 0.4) is 0 Å². The van der Waals surface area contributed by atoms with Crippen LogP contribution in [0, 0.1) is 0 Å². The number of nitrogens with one attached hydrogen (secondary N) is 1. The van der Waals surface area contributed by atoms with Crippen LogP contribution in [0.5, 0.6) is 0 Å². The fourth-order valence-electron chi connectivity index (χ4n) is 1.67. The van der Waals surface area contributed by atoms with Crippen molar-refractivity contribution in [1.82, 2.24) is 9.13 Å². The molecule has 1 amide bonds. The van der Waals surface area contributed by atoms with Gasteiger partial charge in [-0.3, -0.25) is 14.2 Å². The molecule has 7 heteroatoms. The van der Waals surface area contributed by atoms with Crippen LogP contribution in [0.2, 0.25) is 0 Å². The van der Waals surface area contributed by atoms with Crippen molar-refractivity contribution >= 4 is 17.3 Å². The van der Waals surface area contributed by atoms with E-state index in [0.29, 0.717) is 11.4 Å². The van der Waals surface area contributed by atoms with Crippen molar-refractivity contribution < 1.29 is 4.79 Å². The Labute approximate surface area is 114 Å². The molecule has 7 nitrogen and oxygen atoms in total. The van der Waals surface area contributed by atoms with Crippen molar-refractivity contribution in [3.8, 4) is 0 Å². The number of benzene rings is 1. The maximum absolute atomic E-state index is 11.8. The fourth-order valence-corrected chi connectivity index (χ4v) is 1.67. The molecule has 2 aromatic rings. The fraction of sp³-hybridized carbons (Fsp3) is 0.154. The second kappa shape index (κ2) is 5.43. The Morgan fingerprint density at radius 3 is 2.50 bits per heavy atom. The maximum Gasteiger partial charge on any atom is 0.331 e. The van der Waals surface area contributed by atoms with Gasteiger partial charge in [0.2, 0.25) is 5.91 Å². The smallest absolute Gasteiger partial charge is 0.331 e. The van der Waals surface area contributed by atoms with Crippen molar-refractivity contribution in [1.29, 1.82) is 0 Å². The Morgan fingerprint density at radius 1 is 1.20 bits per heavy atom. The summed E-state index contributed by atoms with van der Waals surface area (Å²) in [7, 11) is 1.51. The van der Waals surface area contributed by atoms with Crippen LogP contribution in [0.15, 0.2) is 46.1 Å². The zero-order valence-corrected chi connectivity index (χ0v) is 10.9. The molecule has 0 saturated carbocycles. The number of amides is 1. The van der Waals surface area contributed by atoms with Gasteiger partial charge in [-0.15, -0.1) is 0 Å². The number of nitrogens with two attached hydrogens (primary N) is 1. The highest BCUT2D eigenvalue weighted by atomic mass is 16.2. The third-order valence-electron chi connectivity index (χ3n) is 2.74. The van der Waals surface area contributed by atoms with E-state index in [9.17, 15) is 14.4 Å². The SMILES string of the molecule is Cn1ccc(=O)n(CC(=O)Nc2ccc(N)cc2)c1=O. The van der Waals surface area contributed by atoms with Gasteiger partial charge in [0.1, 0.15) is 6.54 Å². The normalized spacial score (nSPS) is 10.2. The van der Waals surface area contributed by atoms with Crippen molar-refractivity contribution in [3.05, 3.63) is 57.4 Å². The van der Waals surface area contributed by atoms with Gasteiger partial charge in [0.15, 0.2) is 0 Å². The molecule has 0 aliphatic carbocycles. The summed E-state index contributed by atoms with van der Waals surface area (Å²) in [6.45, 7) is -0.337. The molecule has 3 N–H and O–H groups in total. The molecule has 0 atom stereocenters. The van der Waals surface area contributed by atoms with Crippen molar-refractivity contribution in [2.24, 2.45) is 7.05 Å². The Balaban J connectivity index is 2.17. The van der Waals surface area contributed by atoms with Crippen LogP contribution >= 0.6 is 0 Å². The van der Waals surface area contributed by atoms with E-state index in [1.165, 1.54) is 23.9 Å². The molecule has 2 rings (SSSR count). The van der Waals surface area contributed by atoms with Gasteiger partial charge in [0.25, 0.3) is 5.56 Å². The van der Waals surface area contributed by atoms with Gasteiger partial charge in [0.05, 0.1) is 0 Å². The second-order valence-corrected chi connectivity index (χ2v) is 4.30. The highest BCUT2D eigenvalue weighted by Gasteiger charge is 2.08. The standard InChI is InChI=1S/C13H14N4O3/c1-16-7-6-12(19)17(13(16)20)8-11(18)15-10-4-2-9(14)3-5-10/h2-7H,8,14H2,1H3,(H,15,18). The lowest BCUT2D eigenvalue weighted by Crippen LogP contribution is -2.40. The number of carbonyl (C=O) groups is 1. The van der Waals surface area contributed by atoms with Crippen LogP contribution in [0.25, 0.3) is 0 Å². The predicted molar refractivity (Wildman–Crippen MR) is 75.4 cm³/mol. The van der Waals surface area contributed by atoms with E-state index in [4.69, 9.17) is 5.73 Å².